The molecule has 3 rings (SSSR count). The van der Waals surface area contributed by atoms with Gasteiger partial charge in [-0.2, -0.15) is 0 Å². The highest BCUT2D eigenvalue weighted by Gasteiger charge is 2.11. The second kappa shape index (κ2) is 9.44. The Kier molecular flexibility index (Phi) is 6.72. The summed E-state index contributed by atoms with van der Waals surface area (Å²) in [4.78, 5) is 17.5. The minimum Gasteiger partial charge on any atom is -0.481 e. The summed E-state index contributed by atoms with van der Waals surface area (Å²) >= 11 is 0. The molecular weight excluding hydrogens is 376 g/mol. The molecule has 0 radical (unpaired) electrons. The molecule has 1 heterocycles. The van der Waals surface area contributed by atoms with Crippen LogP contribution in [-0.4, -0.2) is 30.2 Å². The third kappa shape index (κ3) is 5.38. The summed E-state index contributed by atoms with van der Waals surface area (Å²) in [6, 6.07) is 18.0. The van der Waals surface area contributed by atoms with Crippen molar-refractivity contribution >= 4 is 11.7 Å². The van der Waals surface area contributed by atoms with Crippen molar-refractivity contribution < 1.29 is 14.6 Å². The molecule has 0 saturated carbocycles. The zero-order valence-electron chi connectivity index (χ0n) is 18.0. The molecule has 0 aliphatic heterocycles. The molecule has 0 aliphatic rings. The van der Waals surface area contributed by atoms with Gasteiger partial charge in [-0.1, -0.05) is 30.3 Å². The van der Waals surface area contributed by atoms with Crippen molar-refractivity contribution in [1.29, 1.82) is 0 Å². The number of aromatic nitrogens is 1. The highest BCUT2D eigenvalue weighted by molar-refractivity contribution is 5.71. The summed E-state index contributed by atoms with van der Waals surface area (Å²) in [7, 11) is 4.08. The first kappa shape index (κ1) is 21.4. The van der Waals surface area contributed by atoms with Crippen LogP contribution in [-0.2, 0) is 17.8 Å². The number of hydrogen-bond acceptors (Lipinski definition) is 4. The van der Waals surface area contributed by atoms with Crippen molar-refractivity contribution in [1.82, 2.24) is 4.98 Å². The fraction of sp³-hybridized carbons (Fsp3) is 0.280. The average molecular weight is 405 g/mol. The van der Waals surface area contributed by atoms with E-state index in [2.05, 4.69) is 30.9 Å². The minimum absolute atomic E-state index is 0.140. The van der Waals surface area contributed by atoms with Crippen molar-refractivity contribution in [3.8, 4) is 17.1 Å². The molecule has 2 aromatic carbocycles. The van der Waals surface area contributed by atoms with Gasteiger partial charge in [-0.15, -0.1) is 0 Å². The van der Waals surface area contributed by atoms with E-state index in [4.69, 9.17) is 14.8 Å². The maximum Gasteiger partial charge on any atom is 0.303 e. The van der Waals surface area contributed by atoms with E-state index in [0.717, 1.165) is 22.4 Å². The van der Waals surface area contributed by atoms with Crippen LogP contribution < -0.4 is 9.64 Å². The minimum atomic E-state index is -0.782. The molecule has 3 aromatic rings. The first-order valence-corrected chi connectivity index (χ1v) is 10.0. The Balaban J connectivity index is 1.71. The van der Waals surface area contributed by atoms with Gasteiger partial charge in [0.2, 0.25) is 5.88 Å². The van der Waals surface area contributed by atoms with Gasteiger partial charge in [0.05, 0.1) is 5.69 Å². The molecule has 1 aromatic heterocycles. The Morgan fingerprint density at radius 3 is 2.23 bits per heavy atom. The van der Waals surface area contributed by atoms with Crippen LogP contribution in [0.4, 0.5) is 5.69 Å². The lowest BCUT2D eigenvalue weighted by atomic mass is 9.98. The molecular formula is C25H28N2O3. The molecule has 0 atom stereocenters. The number of carboxylic acids is 1. The van der Waals surface area contributed by atoms with E-state index < -0.39 is 5.97 Å². The number of rotatable bonds is 8. The lowest BCUT2D eigenvalue weighted by Gasteiger charge is -2.18. The standard InChI is InChI=1S/C25H28N2O3/c1-17-14-21(27(3)4)15-18(2)25(17)22-6-5-7-23(26-22)30-16-20-10-8-19(9-11-20)12-13-24(28)29/h5-11,14-15H,12-13,16H2,1-4H3,(H,28,29). The predicted octanol–water partition coefficient (Wildman–Crippen LogP) is 5.03. The van der Waals surface area contributed by atoms with Gasteiger partial charge in [-0.05, 0) is 60.7 Å². The molecule has 30 heavy (non-hydrogen) atoms. The number of ether oxygens (including phenoxy) is 1. The number of benzene rings is 2. The van der Waals surface area contributed by atoms with E-state index in [1.54, 1.807) is 0 Å². The normalized spacial score (nSPS) is 10.7. The van der Waals surface area contributed by atoms with Crippen LogP contribution >= 0.6 is 0 Å². The molecule has 0 fully saturated rings. The average Bonchev–Trinajstić information content (AvgIpc) is 2.71. The molecule has 1 N–H and O–H groups in total. The summed E-state index contributed by atoms with van der Waals surface area (Å²) in [5.41, 5.74) is 7.59. The quantitative estimate of drug-likeness (QED) is 0.571. The second-order valence-electron chi connectivity index (χ2n) is 7.71. The Morgan fingerprint density at radius 2 is 1.63 bits per heavy atom. The van der Waals surface area contributed by atoms with Gasteiger partial charge in [0.25, 0.3) is 0 Å². The second-order valence-corrected chi connectivity index (χ2v) is 7.71. The van der Waals surface area contributed by atoms with Crippen molar-refractivity contribution in [2.24, 2.45) is 0 Å². The van der Waals surface area contributed by atoms with Crippen molar-refractivity contribution in [2.45, 2.75) is 33.3 Å². The van der Waals surface area contributed by atoms with E-state index in [0.29, 0.717) is 18.9 Å². The Morgan fingerprint density at radius 1 is 1.00 bits per heavy atom. The highest BCUT2D eigenvalue weighted by Crippen LogP contribution is 2.30. The molecule has 0 spiro atoms. The Hall–Kier alpha value is -3.34. The highest BCUT2D eigenvalue weighted by atomic mass is 16.5. The number of anilines is 1. The topological polar surface area (TPSA) is 62.7 Å². The van der Waals surface area contributed by atoms with Gasteiger partial charge in [0.15, 0.2) is 0 Å². The number of hydrogen-bond donors (Lipinski definition) is 1. The van der Waals surface area contributed by atoms with Gasteiger partial charge in [0.1, 0.15) is 6.61 Å². The zero-order valence-corrected chi connectivity index (χ0v) is 18.0. The zero-order chi connectivity index (χ0) is 21.7. The Labute approximate surface area is 178 Å². The van der Waals surface area contributed by atoms with Gasteiger partial charge < -0.3 is 14.7 Å². The van der Waals surface area contributed by atoms with Crippen LogP contribution in [0.15, 0.2) is 54.6 Å². The summed E-state index contributed by atoms with van der Waals surface area (Å²) in [5, 5.41) is 8.79. The smallest absolute Gasteiger partial charge is 0.303 e. The third-order valence-corrected chi connectivity index (χ3v) is 5.05. The van der Waals surface area contributed by atoms with Gasteiger partial charge in [-0.3, -0.25) is 4.79 Å². The molecule has 5 heteroatoms. The van der Waals surface area contributed by atoms with Crippen LogP contribution in [0.2, 0.25) is 0 Å². The number of aliphatic carboxylic acids is 1. The molecule has 0 aliphatic carbocycles. The number of carbonyl (C=O) groups is 1. The first-order valence-electron chi connectivity index (χ1n) is 10.0. The largest absolute Gasteiger partial charge is 0.481 e. The number of aryl methyl sites for hydroxylation is 3. The van der Waals surface area contributed by atoms with Crippen molar-refractivity contribution in [2.75, 3.05) is 19.0 Å². The lowest BCUT2D eigenvalue weighted by molar-refractivity contribution is -0.136. The van der Waals surface area contributed by atoms with Crippen LogP contribution in [0.1, 0.15) is 28.7 Å². The molecule has 5 nitrogen and oxygen atoms in total. The van der Waals surface area contributed by atoms with E-state index in [-0.39, 0.29) is 6.42 Å². The molecule has 0 amide bonds. The maximum absolute atomic E-state index is 10.7. The lowest BCUT2D eigenvalue weighted by Crippen LogP contribution is -2.09. The number of carboxylic acid groups (broad SMARTS) is 1. The van der Waals surface area contributed by atoms with Crippen LogP contribution in [0.25, 0.3) is 11.3 Å². The van der Waals surface area contributed by atoms with E-state index in [1.807, 2.05) is 56.6 Å². The summed E-state index contributed by atoms with van der Waals surface area (Å²) in [6.45, 7) is 4.63. The van der Waals surface area contributed by atoms with Crippen molar-refractivity contribution in [3.05, 3.63) is 76.9 Å². The number of nitrogens with zero attached hydrogens (tertiary/aromatic N) is 2. The first-order chi connectivity index (χ1) is 14.3. The molecule has 0 bridgehead atoms. The summed E-state index contributed by atoms with van der Waals surface area (Å²) in [5.74, 6) is -0.201. The Bertz CT molecular complexity index is 1000. The van der Waals surface area contributed by atoms with Gasteiger partial charge in [-0.25, -0.2) is 4.98 Å². The van der Waals surface area contributed by atoms with E-state index in [1.165, 1.54) is 16.8 Å². The third-order valence-electron chi connectivity index (χ3n) is 5.05. The van der Waals surface area contributed by atoms with Gasteiger partial charge >= 0.3 is 5.97 Å². The SMILES string of the molecule is Cc1cc(N(C)C)cc(C)c1-c1cccc(OCc2ccc(CCC(=O)O)cc2)n1. The van der Waals surface area contributed by atoms with Gasteiger partial charge in [0, 0.05) is 37.8 Å². The van der Waals surface area contributed by atoms with Crippen LogP contribution in [0.5, 0.6) is 5.88 Å². The van der Waals surface area contributed by atoms with E-state index >= 15 is 0 Å². The van der Waals surface area contributed by atoms with Crippen LogP contribution in [0, 0.1) is 13.8 Å². The van der Waals surface area contributed by atoms with Crippen LogP contribution in [0.3, 0.4) is 0 Å². The fourth-order valence-electron chi connectivity index (χ4n) is 3.45. The predicted molar refractivity (Wildman–Crippen MR) is 120 cm³/mol. The summed E-state index contributed by atoms with van der Waals surface area (Å²) in [6.07, 6.45) is 0.673. The van der Waals surface area contributed by atoms with E-state index in [9.17, 15) is 4.79 Å². The summed E-state index contributed by atoms with van der Waals surface area (Å²) < 4.78 is 5.92. The number of pyridine rings is 1. The monoisotopic (exact) mass is 404 g/mol. The molecule has 0 saturated heterocycles. The molecule has 0 unspecified atom stereocenters. The maximum atomic E-state index is 10.7. The molecule has 156 valence electrons. The fourth-order valence-corrected chi connectivity index (χ4v) is 3.45. The van der Waals surface area contributed by atoms with Crippen molar-refractivity contribution in [3.63, 3.8) is 0 Å².